The van der Waals surface area contributed by atoms with Crippen LogP contribution in [0.4, 0.5) is 0 Å². The second-order valence-electron chi connectivity index (χ2n) is 4.27. The van der Waals surface area contributed by atoms with E-state index in [-0.39, 0.29) is 11.2 Å². The molecule has 16 heavy (non-hydrogen) atoms. The van der Waals surface area contributed by atoms with E-state index in [1.165, 1.54) is 0 Å². The first-order valence-corrected chi connectivity index (χ1v) is 5.17. The van der Waals surface area contributed by atoms with Gasteiger partial charge in [-0.05, 0) is 23.8 Å². The molecule has 0 atom stereocenters. The minimum Gasteiger partial charge on any atom is -0.508 e. The number of aromatic nitrogens is 2. The van der Waals surface area contributed by atoms with E-state index in [1.54, 1.807) is 24.7 Å². The Morgan fingerprint density at radius 2 is 2.00 bits per heavy atom. The molecule has 2 rings (SSSR count). The normalized spacial score (nSPS) is 11.4. The predicted octanol–water partition coefficient (Wildman–Crippen LogP) is 2.51. The van der Waals surface area contributed by atoms with Crippen LogP contribution >= 0.6 is 0 Å². The quantitative estimate of drug-likeness (QED) is 0.835. The maximum absolute atomic E-state index is 9.49. The monoisotopic (exact) mass is 214 g/mol. The fraction of sp³-hybridized carbons (Fsp3) is 0.231. The Kier molecular flexibility index (Phi) is 2.60. The zero-order valence-electron chi connectivity index (χ0n) is 9.38. The summed E-state index contributed by atoms with van der Waals surface area (Å²) in [5, 5.41) is 9.49. The standard InChI is InChI=1S/C13H14N2O/c1-13(2,12-6-7-14-9-15-12)10-4-3-5-11(16)8-10/h3-9,16H,1-2H3. The summed E-state index contributed by atoms with van der Waals surface area (Å²) in [4.78, 5) is 8.17. The second kappa shape index (κ2) is 3.93. The Hall–Kier alpha value is -1.90. The number of benzene rings is 1. The summed E-state index contributed by atoms with van der Waals surface area (Å²) >= 11 is 0. The van der Waals surface area contributed by atoms with Gasteiger partial charge in [-0.2, -0.15) is 0 Å². The molecule has 2 aromatic rings. The van der Waals surface area contributed by atoms with Crippen molar-refractivity contribution in [3.63, 3.8) is 0 Å². The van der Waals surface area contributed by atoms with E-state index < -0.39 is 0 Å². The van der Waals surface area contributed by atoms with Gasteiger partial charge < -0.3 is 5.11 Å². The van der Waals surface area contributed by atoms with Gasteiger partial charge in [-0.25, -0.2) is 9.97 Å². The Morgan fingerprint density at radius 1 is 1.19 bits per heavy atom. The van der Waals surface area contributed by atoms with Gasteiger partial charge in [0.1, 0.15) is 12.1 Å². The van der Waals surface area contributed by atoms with E-state index >= 15 is 0 Å². The minimum atomic E-state index is -0.234. The average Bonchev–Trinajstić information content (AvgIpc) is 2.30. The molecule has 1 aromatic heterocycles. The molecule has 0 bridgehead atoms. The molecule has 0 saturated carbocycles. The van der Waals surface area contributed by atoms with Gasteiger partial charge >= 0.3 is 0 Å². The van der Waals surface area contributed by atoms with Crippen LogP contribution in [0.5, 0.6) is 5.75 Å². The molecule has 0 amide bonds. The molecular weight excluding hydrogens is 200 g/mol. The Morgan fingerprint density at radius 3 is 2.62 bits per heavy atom. The van der Waals surface area contributed by atoms with Gasteiger partial charge in [0, 0.05) is 11.6 Å². The summed E-state index contributed by atoms with van der Waals surface area (Å²) in [6.45, 7) is 4.15. The van der Waals surface area contributed by atoms with E-state index in [9.17, 15) is 5.11 Å². The highest BCUT2D eigenvalue weighted by molar-refractivity contribution is 5.37. The summed E-state index contributed by atoms with van der Waals surface area (Å²) in [6, 6.07) is 9.15. The number of hydrogen-bond donors (Lipinski definition) is 1. The van der Waals surface area contributed by atoms with Crippen LogP contribution < -0.4 is 0 Å². The van der Waals surface area contributed by atoms with E-state index in [0.29, 0.717) is 0 Å². The lowest BCUT2D eigenvalue weighted by Gasteiger charge is -2.24. The topological polar surface area (TPSA) is 46.0 Å². The molecule has 0 aliphatic carbocycles. The molecule has 0 radical (unpaired) electrons. The number of phenolic OH excluding ortho intramolecular Hbond substituents is 1. The summed E-state index contributed by atoms with van der Waals surface area (Å²) in [5.41, 5.74) is 1.74. The van der Waals surface area contributed by atoms with E-state index in [0.717, 1.165) is 11.3 Å². The molecule has 0 fully saturated rings. The molecule has 1 N–H and O–H groups in total. The van der Waals surface area contributed by atoms with Gasteiger partial charge in [-0.3, -0.25) is 0 Å². The minimum absolute atomic E-state index is 0.234. The lowest BCUT2D eigenvalue weighted by atomic mass is 9.81. The first kappa shape index (κ1) is 10.6. The van der Waals surface area contributed by atoms with Crippen molar-refractivity contribution in [3.05, 3.63) is 54.1 Å². The molecule has 3 heteroatoms. The second-order valence-corrected chi connectivity index (χ2v) is 4.27. The van der Waals surface area contributed by atoms with E-state index in [4.69, 9.17) is 0 Å². The molecule has 1 aromatic carbocycles. The van der Waals surface area contributed by atoms with Crippen LogP contribution in [-0.4, -0.2) is 15.1 Å². The molecule has 0 aliphatic rings. The summed E-state index contributed by atoms with van der Waals surface area (Å²) < 4.78 is 0. The molecule has 82 valence electrons. The van der Waals surface area contributed by atoms with Crippen molar-refractivity contribution in [2.75, 3.05) is 0 Å². The van der Waals surface area contributed by atoms with E-state index in [2.05, 4.69) is 23.8 Å². The van der Waals surface area contributed by atoms with Crippen molar-refractivity contribution in [1.82, 2.24) is 9.97 Å². The van der Waals surface area contributed by atoms with Crippen molar-refractivity contribution in [2.45, 2.75) is 19.3 Å². The number of aromatic hydroxyl groups is 1. The SMILES string of the molecule is CC(C)(c1cccc(O)c1)c1ccncn1. The fourth-order valence-corrected chi connectivity index (χ4v) is 1.70. The smallest absolute Gasteiger partial charge is 0.115 e. The van der Waals surface area contributed by atoms with Crippen LogP contribution in [-0.2, 0) is 5.41 Å². The van der Waals surface area contributed by atoms with Crippen LogP contribution in [0.25, 0.3) is 0 Å². The first-order chi connectivity index (χ1) is 7.60. The third-order valence-electron chi connectivity index (χ3n) is 2.79. The number of nitrogens with zero attached hydrogens (tertiary/aromatic N) is 2. The van der Waals surface area contributed by atoms with Crippen LogP contribution in [0.1, 0.15) is 25.1 Å². The lowest BCUT2D eigenvalue weighted by molar-refractivity contribution is 0.472. The zero-order valence-corrected chi connectivity index (χ0v) is 9.38. The van der Waals surface area contributed by atoms with Crippen molar-refractivity contribution in [2.24, 2.45) is 0 Å². The zero-order chi connectivity index (χ0) is 11.6. The maximum atomic E-state index is 9.49. The van der Waals surface area contributed by atoms with Crippen molar-refractivity contribution < 1.29 is 5.11 Å². The van der Waals surface area contributed by atoms with E-state index in [1.807, 2.05) is 18.2 Å². The highest BCUT2D eigenvalue weighted by Crippen LogP contribution is 2.31. The van der Waals surface area contributed by atoms with Gasteiger partial charge in [0.25, 0.3) is 0 Å². The summed E-state index contributed by atoms with van der Waals surface area (Å²) in [5.74, 6) is 0.277. The van der Waals surface area contributed by atoms with Gasteiger partial charge in [-0.15, -0.1) is 0 Å². The highest BCUT2D eigenvalue weighted by atomic mass is 16.3. The fourth-order valence-electron chi connectivity index (χ4n) is 1.70. The Labute approximate surface area is 94.8 Å². The van der Waals surface area contributed by atoms with Crippen LogP contribution in [0.2, 0.25) is 0 Å². The lowest BCUT2D eigenvalue weighted by Crippen LogP contribution is -2.20. The average molecular weight is 214 g/mol. The molecule has 0 saturated heterocycles. The molecular formula is C13H14N2O. The molecule has 1 heterocycles. The van der Waals surface area contributed by atoms with Crippen LogP contribution in [0.3, 0.4) is 0 Å². The summed E-state index contributed by atoms with van der Waals surface area (Å²) in [6.07, 6.45) is 3.27. The number of rotatable bonds is 2. The molecule has 0 spiro atoms. The van der Waals surface area contributed by atoms with Gasteiger partial charge in [0.15, 0.2) is 0 Å². The summed E-state index contributed by atoms with van der Waals surface area (Å²) in [7, 11) is 0. The van der Waals surface area contributed by atoms with Crippen molar-refractivity contribution >= 4 is 0 Å². The van der Waals surface area contributed by atoms with Gasteiger partial charge in [0.2, 0.25) is 0 Å². The Bertz CT molecular complexity index is 480. The Balaban J connectivity index is 2.47. The third-order valence-corrected chi connectivity index (χ3v) is 2.79. The van der Waals surface area contributed by atoms with Crippen molar-refractivity contribution in [3.8, 4) is 5.75 Å². The molecule has 3 nitrogen and oxygen atoms in total. The van der Waals surface area contributed by atoms with Crippen molar-refractivity contribution in [1.29, 1.82) is 0 Å². The largest absolute Gasteiger partial charge is 0.508 e. The predicted molar refractivity (Wildman–Crippen MR) is 62.3 cm³/mol. The third kappa shape index (κ3) is 1.89. The number of phenols is 1. The maximum Gasteiger partial charge on any atom is 0.115 e. The molecule has 0 aliphatic heterocycles. The van der Waals surface area contributed by atoms with Gasteiger partial charge in [0.05, 0.1) is 5.69 Å². The van der Waals surface area contributed by atoms with Crippen LogP contribution in [0, 0.1) is 0 Å². The first-order valence-electron chi connectivity index (χ1n) is 5.17. The van der Waals surface area contributed by atoms with Gasteiger partial charge in [-0.1, -0.05) is 26.0 Å². The molecule has 0 unspecified atom stereocenters. The van der Waals surface area contributed by atoms with Crippen LogP contribution in [0.15, 0.2) is 42.9 Å². The highest BCUT2D eigenvalue weighted by Gasteiger charge is 2.24. The number of hydrogen-bond acceptors (Lipinski definition) is 3.